The first-order chi connectivity index (χ1) is 7.50. The molecule has 0 unspecified atom stereocenters. The molecule has 0 spiro atoms. The van der Waals surface area contributed by atoms with E-state index in [4.69, 9.17) is 15.6 Å². The molecule has 0 aliphatic heterocycles. The van der Waals surface area contributed by atoms with Gasteiger partial charge in [-0.05, 0) is 23.6 Å². The zero-order chi connectivity index (χ0) is 12.1. The van der Waals surface area contributed by atoms with Crippen molar-refractivity contribution >= 4 is 5.97 Å². The highest BCUT2D eigenvalue weighted by Crippen LogP contribution is 2.18. The number of rotatable bonds is 5. The Kier molecular flexibility index (Phi) is 4.31. The van der Waals surface area contributed by atoms with E-state index in [1.807, 2.05) is 24.3 Å². The molecule has 0 bridgehead atoms. The lowest BCUT2D eigenvalue weighted by atomic mass is 10.0. The number of hydrogen-bond acceptors (Lipinski definition) is 3. The topological polar surface area (TPSA) is 72.5 Å². The van der Waals surface area contributed by atoms with Crippen LogP contribution in [0.5, 0.6) is 5.75 Å². The SMILES string of the molecule is CC(C)c1ccc(OC[C@H](N)C(=O)O)cc1. The molecule has 1 rings (SSSR count). The van der Waals surface area contributed by atoms with Crippen molar-refractivity contribution in [3.05, 3.63) is 29.8 Å². The van der Waals surface area contributed by atoms with Crippen LogP contribution in [0.1, 0.15) is 25.3 Å². The van der Waals surface area contributed by atoms with E-state index < -0.39 is 12.0 Å². The summed E-state index contributed by atoms with van der Waals surface area (Å²) < 4.78 is 5.26. The molecule has 0 aliphatic rings. The largest absolute Gasteiger partial charge is 0.491 e. The van der Waals surface area contributed by atoms with Crippen LogP contribution >= 0.6 is 0 Å². The van der Waals surface area contributed by atoms with E-state index in [2.05, 4.69) is 13.8 Å². The third-order valence-electron chi connectivity index (χ3n) is 2.29. The third-order valence-corrected chi connectivity index (χ3v) is 2.29. The lowest BCUT2D eigenvalue weighted by Crippen LogP contribution is -2.36. The van der Waals surface area contributed by atoms with Gasteiger partial charge in [-0.25, -0.2) is 0 Å². The fraction of sp³-hybridized carbons (Fsp3) is 0.417. The summed E-state index contributed by atoms with van der Waals surface area (Å²) in [5, 5.41) is 8.57. The fourth-order valence-corrected chi connectivity index (χ4v) is 1.21. The number of nitrogens with two attached hydrogens (primary N) is 1. The van der Waals surface area contributed by atoms with Crippen LogP contribution < -0.4 is 10.5 Å². The van der Waals surface area contributed by atoms with Crippen LogP contribution in [0.15, 0.2) is 24.3 Å². The average Bonchev–Trinajstić information content (AvgIpc) is 2.26. The molecule has 0 aromatic heterocycles. The Labute approximate surface area is 95.0 Å². The average molecular weight is 223 g/mol. The Bertz CT molecular complexity index is 346. The summed E-state index contributed by atoms with van der Waals surface area (Å²) in [4.78, 5) is 10.5. The van der Waals surface area contributed by atoms with Crippen molar-refractivity contribution in [3.8, 4) is 5.75 Å². The number of ether oxygens (including phenoxy) is 1. The molecule has 1 atom stereocenters. The minimum atomic E-state index is -1.06. The van der Waals surface area contributed by atoms with Crippen molar-refractivity contribution in [2.45, 2.75) is 25.8 Å². The summed E-state index contributed by atoms with van der Waals surface area (Å²) in [6.45, 7) is 4.20. The molecular formula is C12H17NO3. The molecule has 1 aromatic rings. The van der Waals surface area contributed by atoms with Gasteiger partial charge in [0.15, 0.2) is 0 Å². The van der Waals surface area contributed by atoms with Crippen molar-refractivity contribution < 1.29 is 14.6 Å². The first-order valence-electron chi connectivity index (χ1n) is 5.22. The van der Waals surface area contributed by atoms with Gasteiger partial charge >= 0.3 is 5.97 Å². The van der Waals surface area contributed by atoms with Gasteiger partial charge in [0, 0.05) is 0 Å². The smallest absolute Gasteiger partial charge is 0.324 e. The standard InChI is InChI=1S/C12H17NO3/c1-8(2)9-3-5-10(6-4-9)16-7-11(13)12(14)15/h3-6,8,11H,7,13H2,1-2H3,(H,14,15)/t11-/m0/s1. The second-order valence-electron chi connectivity index (χ2n) is 3.98. The van der Waals surface area contributed by atoms with Gasteiger partial charge in [0.25, 0.3) is 0 Å². The van der Waals surface area contributed by atoms with Crippen LogP contribution in [-0.4, -0.2) is 23.7 Å². The van der Waals surface area contributed by atoms with Crippen LogP contribution in [0.4, 0.5) is 0 Å². The second kappa shape index (κ2) is 5.51. The normalized spacial score (nSPS) is 12.5. The van der Waals surface area contributed by atoms with E-state index in [1.54, 1.807) is 0 Å². The number of carboxylic acids is 1. The molecular weight excluding hydrogens is 206 g/mol. The van der Waals surface area contributed by atoms with Crippen LogP contribution in [0, 0.1) is 0 Å². The molecule has 3 N–H and O–H groups in total. The summed E-state index contributed by atoms with van der Waals surface area (Å²) in [5.41, 5.74) is 6.54. The Balaban J connectivity index is 2.52. The number of hydrogen-bond donors (Lipinski definition) is 2. The van der Waals surface area contributed by atoms with Crippen molar-refractivity contribution in [3.63, 3.8) is 0 Å². The van der Waals surface area contributed by atoms with E-state index >= 15 is 0 Å². The van der Waals surface area contributed by atoms with Crippen molar-refractivity contribution in [1.82, 2.24) is 0 Å². The molecule has 0 aliphatic carbocycles. The predicted molar refractivity (Wildman–Crippen MR) is 61.6 cm³/mol. The van der Waals surface area contributed by atoms with Crippen molar-refractivity contribution in [2.24, 2.45) is 5.73 Å². The summed E-state index contributed by atoms with van der Waals surface area (Å²) in [6, 6.07) is 6.59. The summed E-state index contributed by atoms with van der Waals surface area (Å²) in [6.07, 6.45) is 0. The summed E-state index contributed by atoms with van der Waals surface area (Å²) >= 11 is 0. The van der Waals surface area contributed by atoms with E-state index in [1.165, 1.54) is 5.56 Å². The molecule has 0 heterocycles. The maximum atomic E-state index is 10.5. The van der Waals surface area contributed by atoms with E-state index in [9.17, 15) is 4.79 Å². The Morgan fingerprint density at radius 1 is 1.38 bits per heavy atom. The van der Waals surface area contributed by atoms with Gasteiger partial charge < -0.3 is 15.6 Å². The Morgan fingerprint density at radius 2 is 1.94 bits per heavy atom. The van der Waals surface area contributed by atoms with Gasteiger partial charge in [-0.15, -0.1) is 0 Å². The lowest BCUT2D eigenvalue weighted by Gasteiger charge is -2.10. The second-order valence-corrected chi connectivity index (χ2v) is 3.98. The fourth-order valence-electron chi connectivity index (χ4n) is 1.21. The Hall–Kier alpha value is -1.55. The van der Waals surface area contributed by atoms with Crippen molar-refractivity contribution in [2.75, 3.05) is 6.61 Å². The molecule has 4 heteroatoms. The quantitative estimate of drug-likeness (QED) is 0.795. The lowest BCUT2D eigenvalue weighted by molar-refractivity contribution is -0.139. The number of carboxylic acid groups (broad SMARTS) is 1. The Morgan fingerprint density at radius 3 is 2.38 bits per heavy atom. The van der Waals surface area contributed by atoms with Gasteiger partial charge in [-0.3, -0.25) is 4.79 Å². The summed E-state index contributed by atoms with van der Waals surface area (Å²) in [7, 11) is 0. The van der Waals surface area contributed by atoms with Gasteiger partial charge in [0.2, 0.25) is 0 Å². The predicted octanol–water partition coefficient (Wildman–Crippen LogP) is 1.60. The van der Waals surface area contributed by atoms with Crippen molar-refractivity contribution in [1.29, 1.82) is 0 Å². The van der Waals surface area contributed by atoms with Gasteiger partial charge in [-0.2, -0.15) is 0 Å². The minimum absolute atomic E-state index is 0.0175. The van der Waals surface area contributed by atoms with E-state index in [0.717, 1.165) is 0 Å². The molecule has 0 saturated heterocycles. The van der Waals surface area contributed by atoms with Gasteiger partial charge in [0.05, 0.1) is 0 Å². The maximum Gasteiger partial charge on any atom is 0.324 e. The molecule has 16 heavy (non-hydrogen) atoms. The molecule has 0 amide bonds. The van der Waals surface area contributed by atoms with Gasteiger partial charge in [-0.1, -0.05) is 26.0 Å². The molecule has 4 nitrogen and oxygen atoms in total. The van der Waals surface area contributed by atoms with Crippen LogP contribution in [0.2, 0.25) is 0 Å². The molecule has 1 aromatic carbocycles. The minimum Gasteiger partial charge on any atom is -0.491 e. The van der Waals surface area contributed by atoms with Crippen LogP contribution in [-0.2, 0) is 4.79 Å². The molecule has 0 saturated carbocycles. The maximum absolute atomic E-state index is 10.5. The first kappa shape index (κ1) is 12.5. The third kappa shape index (κ3) is 3.55. The highest BCUT2D eigenvalue weighted by atomic mass is 16.5. The van der Waals surface area contributed by atoms with Gasteiger partial charge in [0.1, 0.15) is 18.4 Å². The highest BCUT2D eigenvalue weighted by Gasteiger charge is 2.11. The molecule has 0 fully saturated rings. The van der Waals surface area contributed by atoms with E-state index in [0.29, 0.717) is 11.7 Å². The van der Waals surface area contributed by atoms with Crippen LogP contribution in [0.25, 0.3) is 0 Å². The zero-order valence-corrected chi connectivity index (χ0v) is 9.51. The molecule has 88 valence electrons. The highest BCUT2D eigenvalue weighted by molar-refractivity contribution is 5.73. The number of aliphatic carboxylic acids is 1. The summed E-state index contributed by atoms with van der Waals surface area (Å²) in [5.74, 6) is 0.0511. The monoisotopic (exact) mass is 223 g/mol. The number of benzene rings is 1. The molecule has 0 radical (unpaired) electrons. The van der Waals surface area contributed by atoms with E-state index in [-0.39, 0.29) is 6.61 Å². The van der Waals surface area contributed by atoms with Crippen LogP contribution in [0.3, 0.4) is 0 Å². The number of carbonyl (C=O) groups is 1. The zero-order valence-electron chi connectivity index (χ0n) is 9.51. The first-order valence-corrected chi connectivity index (χ1v) is 5.22.